The molecule has 0 fully saturated rings. The van der Waals surface area contributed by atoms with Gasteiger partial charge in [0.2, 0.25) is 11.8 Å². The van der Waals surface area contributed by atoms with Crippen molar-refractivity contribution < 1.29 is 9.21 Å². The van der Waals surface area contributed by atoms with Crippen LogP contribution in [0.4, 0.5) is 6.01 Å². The maximum absolute atomic E-state index is 11.1. The maximum Gasteiger partial charge on any atom is 0.322 e. The molecule has 0 atom stereocenters. The van der Waals surface area contributed by atoms with Crippen molar-refractivity contribution >= 4 is 11.9 Å². The van der Waals surface area contributed by atoms with Gasteiger partial charge in [0.05, 0.1) is 0 Å². The summed E-state index contributed by atoms with van der Waals surface area (Å²) >= 11 is 0. The number of amides is 1. The number of pyridine rings is 1. The quantitative estimate of drug-likeness (QED) is 0.843. The smallest absolute Gasteiger partial charge is 0.322 e. The normalized spacial score (nSPS) is 10.1. The Kier molecular flexibility index (Phi) is 2.90. The van der Waals surface area contributed by atoms with Gasteiger partial charge in [0.1, 0.15) is 0 Å². The van der Waals surface area contributed by atoms with Gasteiger partial charge in [-0.1, -0.05) is 12.0 Å². The van der Waals surface area contributed by atoms with Crippen molar-refractivity contribution in [1.82, 2.24) is 15.2 Å². The van der Waals surface area contributed by atoms with E-state index in [-0.39, 0.29) is 11.9 Å². The summed E-state index contributed by atoms with van der Waals surface area (Å²) in [5.74, 6) is 0.193. The molecule has 0 bridgehead atoms. The van der Waals surface area contributed by atoms with Crippen molar-refractivity contribution in [3.05, 3.63) is 24.5 Å². The minimum absolute atomic E-state index is 0.110. The van der Waals surface area contributed by atoms with Crippen LogP contribution < -0.4 is 5.32 Å². The van der Waals surface area contributed by atoms with Crippen molar-refractivity contribution in [1.29, 1.82) is 0 Å². The van der Waals surface area contributed by atoms with Crippen molar-refractivity contribution in [2.45, 2.75) is 13.3 Å². The van der Waals surface area contributed by atoms with Gasteiger partial charge in [0, 0.05) is 24.4 Å². The molecule has 0 saturated carbocycles. The molecule has 82 valence electrons. The Morgan fingerprint density at radius 3 is 2.81 bits per heavy atom. The summed E-state index contributed by atoms with van der Waals surface area (Å²) in [6.45, 7) is 1.75. The minimum Gasteiger partial charge on any atom is -0.403 e. The third-order valence-electron chi connectivity index (χ3n) is 1.92. The highest BCUT2D eigenvalue weighted by molar-refractivity contribution is 5.88. The first-order valence-corrected chi connectivity index (χ1v) is 4.83. The molecule has 0 aromatic carbocycles. The van der Waals surface area contributed by atoms with Crippen LogP contribution in [0.2, 0.25) is 0 Å². The molecule has 2 rings (SSSR count). The molecule has 0 aliphatic heterocycles. The molecule has 2 aromatic rings. The van der Waals surface area contributed by atoms with Crippen molar-refractivity contribution in [2.24, 2.45) is 0 Å². The highest BCUT2D eigenvalue weighted by Crippen LogP contribution is 2.18. The summed E-state index contributed by atoms with van der Waals surface area (Å²) in [5.41, 5.74) is 0.763. The second kappa shape index (κ2) is 4.52. The van der Waals surface area contributed by atoms with E-state index in [4.69, 9.17) is 4.42 Å². The Hall–Kier alpha value is -2.24. The molecule has 1 N–H and O–H groups in total. The number of hydrogen-bond donors (Lipinski definition) is 1. The van der Waals surface area contributed by atoms with Gasteiger partial charge in [-0.15, -0.1) is 5.10 Å². The molecule has 6 nitrogen and oxygen atoms in total. The first-order chi connectivity index (χ1) is 7.79. The number of carbonyl (C=O) groups excluding carboxylic acids is 1. The fourth-order valence-corrected chi connectivity index (χ4v) is 1.09. The lowest BCUT2D eigenvalue weighted by atomic mass is 10.3. The first-order valence-electron chi connectivity index (χ1n) is 4.83. The summed E-state index contributed by atoms with van der Waals surface area (Å²) in [4.78, 5) is 15.0. The lowest BCUT2D eigenvalue weighted by Gasteiger charge is -1.95. The van der Waals surface area contributed by atoms with E-state index >= 15 is 0 Å². The van der Waals surface area contributed by atoms with E-state index in [0.717, 1.165) is 5.56 Å². The van der Waals surface area contributed by atoms with Gasteiger partial charge >= 0.3 is 6.01 Å². The predicted octanol–water partition coefficient (Wildman–Crippen LogP) is 1.48. The minimum atomic E-state index is -0.162. The Morgan fingerprint density at radius 1 is 1.38 bits per heavy atom. The van der Waals surface area contributed by atoms with Gasteiger partial charge in [-0.2, -0.15) is 0 Å². The molecule has 1 amide bonds. The fourth-order valence-electron chi connectivity index (χ4n) is 1.09. The zero-order valence-corrected chi connectivity index (χ0v) is 8.67. The highest BCUT2D eigenvalue weighted by Gasteiger charge is 2.09. The largest absolute Gasteiger partial charge is 0.403 e. The molecule has 0 aliphatic carbocycles. The summed E-state index contributed by atoms with van der Waals surface area (Å²) in [5, 5.41) is 10.0. The van der Waals surface area contributed by atoms with Crippen LogP contribution in [0.15, 0.2) is 28.9 Å². The molecule has 6 heteroatoms. The topological polar surface area (TPSA) is 80.9 Å². The Morgan fingerprint density at radius 2 is 2.12 bits per heavy atom. The van der Waals surface area contributed by atoms with E-state index in [1.807, 2.05) is 0 Å². The van der Waals surface area contributed by atoms with Gasteiger partial charge in [-0.05, 0) is 12.1 Å². The van der Waals surface area contributed by atoms with Crippen LogP contribution >= 0.6 is 0 Å². The summed E-state index contributed by atoms with van der Waals surface area (Å²) in [7, 11) is 0. The van der Waals surface area contributed by atoms with Crippen LogP contribution in [0.3, 0.4) is 0 Å². The Bertz CT molecular complexity index is 481. The molecular formula is C10H10N4O2. The van der Waals surface area contributed by atoms with Crippen molar-refractivity contribution in [3.8, 4) is 11.5 Å². The standard InChI is InChI=1S/C10H10N4O2/c1-2-8(15)12-10-14-13-9(16-10)7-3-5-11-6-4-7/h3-6H,2H2,1H3,(H,12,14,15). The van der Waals surface area contributed by atoms with Gasteiger partial charge in [-0.3, -0.25) is 15.1 Å². The number of aromatic nitrogens is 3. The molecular weight excluding hydrogens is 208 g/mol. The number of anilines is 1. The molecule has 0 radical (unpaired) electrons. The second-order valence-corrected chi connectivity index (χ2v) is 3.05. The molecule has 16 heavy (non-hydrogen) atoms. The highest BCUT2D eigenvalue weighted by atomic mass is 16.4. The van der Waals surface area contributed by atoms with Crippen LogP contribution in [-0.2, 0) is 4.79 Å². The number of rotatable bonds is 3. The first kappa shape index (κ1) is 10.3. The van der Waals surface area contributed by atoms with Gasteiger partial charge < -0.3 is 4.42 Å². The number of nitrogens with one attached hydrogen (secondary N) is 1. The van der Waals surface area contributed by atoms with Gasteiger partial charge in [0.25, 0.3) is 0 Å². The lowest BCUT2D eigenvalue weighted by molar-refractivity contribution is -0.116. The number of carbonyl (C=O) groups is 1. The van der Waals surface area contributed by atoms with Gasteiger partial charge in [-0.25, -0.2) is 0 Å². The molecule has 0 aliphatic rings. The SMILES string of the molecule is CCC(=O)Nc1nnc(-c2ccncc2)o1. The van der Waals surface area contributed by atoms with Crippen molar-refractivity contribution in [3.63, 3.8) is 0 Å². The third-order valence-corrected chi connectivity index (χ3v) is 1.92. The molecule has 0 unspecified atom stereocenters. The summed E-state index contributed by atoms with van der Waals surface area (Å²) in [6.07, 6.45) is 3.63. The lowest BCUT2D eigenvalue weighted by Crippen LogP contribution is -2.09. The van der Waals surface area contributed by atoms with E-state index in [9.17, 15) is 4.79 Å². The van der Waals surface area contributed by atoms with Crippen LogP contribution in [0, 0.1) is 0 Å². The molecule has 0 spiro atoms. The average Bonchev–Trinajstić information content (AvgIpc) is 2.78. The number of hydrogen-bond acceptors (Lipinski definition) is 5. The third kappa shape index (κ3) is 2.22. The molecule has 0 saturated heterocycles. The van der Waals surface area contributed by atoms with Crippen LogP contribution in [-0.4, -0.2) is 21.1 Å². The zero-order valence-electron chi connectivity index (χ0n) is 8.67. The Labute approximate surface area is 91.7 Å². The van der Waals surface area contributed by atoms with Gasteiger partial charge in [0.15, 0.2) is 0 Å². The van der Waals surface area contributed by atoms with E-state index in [1.165, 1.54) is 0 Å². The van der Waals surface area contributed by atoms with Crippen LogP contribution in [0.5, 0.6) is 0 Å². The maximum atomic E-state index is 11.1. The molecule has 2 heterocycles. The van der Waals surface area contributed by atoms with E-state index in [2.05, 4.69) is 20.5 Å². The van der Waals surface area contributed by atoms with Crippen molar-refractivity contribution in [2.75, 3.05) is 5.32 Å². The molecule has 2 aromatic heterocycles. The monoisotopic (exact) mass is 218 g/mol. The fraction of sp³-hybridized carbons (Fsp3) is 0.200. The summed E-state index contributed by atoms with van der Waals surface area (Å²) in [6, 6.07) is 3.61. The van der Waals surface area contributed by atoms with Crippen LogP contribution in [0.25, 0.3) is 11.5 Å². The second-order valence-electron chi connectivity index (χ2n) is 3.05. The van der Waals surface area contributed by atoms with E-state index in [0.29, 0.717) is 12.3 Å². The van der Waals surface area contributed by atoms with E-state index < -0.39 is 0 Å². The zero-order chi connectivity index (χ0) is 11.4. The van der Waals surface area contributed by atoms with E-state index in [1.54, 1.807) is 31.5 Å². The Balaban J connectivity index is 2.17. The average molecular weight is 218 g/mol. The number of nitrogens with zero attached hydrogens (tertiary/aromatic N) is 3. The van der Waals surface area contributed by atoms with Crippen LogP contribution in [0.1, 0.15) is 13.3 Å². The predicted molar refractivity (Wildman–Crippen MR) is 56.4 cm³/mol. The summed E-state index contributed by atoms with van der Waals surface area (Å²) < 4.78 is 5.26.